The summed E-state index contributed by atoms with van der Waals surface area (Å²) in [5.41, 5.74) is -0.0218. The molecule has 0 aromatic rings. The van der Waals surface area contributed by atoms with Crippen molar-refractivity contribution in [2.45, 2.75) is 125 Å². The second-order valence-corrected chi connectivity index (χ2v) is 14.6. The van der Waals surface area contributed by atoms with E-state index in [9.17, 15) is 15.3 Å². The summed E-state index contributed by atoms with van der Waals surface area (Å²) in [6.45, 7) is 16.8. The molecule has 0 bridgehead atoms. The van der Waals surface area contributed by atoms with Crippen LogP contribution in [0.3, 0.4) is 0 Å². The molecule has 0 aromatic heterocycles. The van der Waals surface area contributed by atoms with Crippen molar-refractivity contribution in [1.82, 2.24) is 0 Å². The second-order valence-electron chi connectivity index (χ2n) is 14.6. The highest BCUT2D eigenvalue weighted by Crippen LogP contribution is 2.74. The van der Waals surface area contributed by atoms with E-state index >= 15 is 0 Å². The predicted octanol–water partition coefficient (Wildman–Crippen LogP) is 6.44. The zero-order valence-electron chi connectivity index (χ0n) is 22.7. The third-order valence-electron chi connectivity index (χ3n) is 12.6. The summed E-state index contributed by atoms with van der Waals surface area (Å²) in [6, 6.07) is 0. The number of rotatable bonds is 6. The lowest BCUT2D eigenvalue weighted by Gasteiger charge is -2.68. The van der Waals surface area contributed by atoms with Gasteiger partial charge in [-0.1, -0.05) is 67.7 Å². The van der Waals surface area contributed by atoms with Crippen molar-refractivity contribution in [3.8, 4) is 0 Å². The summed E-state index contributed by atoms with van der Waals surface area (Å²) in [6.07, 6.45) is 10.6. The Kier molecular flexibility index (Phi) is 6.90. The number of fused-ring (bicyclic) bond motifs is 5. The average Bonchev–Trinajstić information content (AvgIpc) is 3.01. The fraction of sp³-hybridized carbons (Fsp3) is 1.00. The Balaban J connectivity index is 1.64. The Labute approximate surface area is 204 Å². The third-order valence-corrected chi connectivity index (χ3v) is 12.6. The number of aliphatic hydroxyl groups excluding tert-OH is 3. The summed E-state index contributed by atoms with van der Waals surface area (Å²) < 4.78 is 0. The summed E-state index contributed by atoms with van der Waals surface area (Å²) in [7, 11) is 0. The fourth-order valence-electron chi connectivity index (χ4n) is 10.6. The SMILES string of the molecule is CC(C)CCC[C@@H](C)[C@H]1CC[C@@]2(C)[C@@H]3CC[C@H]4C(C)(C)C(O)CC[C@]4(CO)[C@H]3C(O)C[C@]12C. The average molecular weight is 463 g/mol. The van der Waals surface area contributed by atoms with E-state index in [1.54, 1.807) is 0 Å². The van der Waals surface area contributed by atoms with Crippen LogP contribution in [0.5, 0.6) is 0 Å². The van der Waals surface area contributed by atoms with Crippen molar-refractivity contribution < 1.29 is 15.3 Å². The molecule has 192 valence electrons. The van der Waals surface area contributed by atoms with Crippen LogP contribution < -0.4 is 0 Å². The maximum absolute atomic E-state index is 11.9. The third kappa shape index (κ3) is 3.69. The first-order chi connectivity index (χ1) is 15.3. The standard InChI is InChI=1S/C30H54O3/c1-19(2)9-8-10-20(3)21-13-15-28(6)22-11-12-24-27(4,5)25(33)14-16-30(24,18-31)26(22)23(32)17-29(21,28)7/h19-26,31-33H,8-18H2,1-7H3/t20-,21-,22-,23?,24+,25?,26-,28+,29-,30-/m1/s1. The van der Waals surface area contributed by atoms with E-state index in [1.807, 2.05) is 0 Å². The highest BCUT2D eigenvalue weighted by atomic mass is 16.3. The summed E-state index contributed by atoms with van der Waals surface area (Å²) in [5, 5.41) is 33.7. The van der Waals surface area contributed by atoms with E-state index in [2.05, 4.69) is 48.5 Å². The Morgan fingerprint density at radius 2 is 1.55 bits per heavy atom. The van der Waals surface area contributed by atoms with E-state index in [0.29, 0.717) is 17.8 Å². The molecule has 33 heavy (non-hydrogen) atoms. The molecule has 0 aliphatic heterocycles. The highest BCUT2D eigenvalue weighted by Gasteiger charge is 2.70. The van der Waals surface area contributed by atoms with E-state index in [1.165, 1.54) is 32.1 Å². The van der Waals surface area contributed by atoms with Crippen LogP contribution in [0, 0.1) is 57.2 Å². The van der Waals surface area contributed by atoms with Crippen molar-refractivity contribution >= 4 is 0 Å². The lowest BCUT2D eigenvalue weighted by molar-refractivity contribution is -0.249. The summed E-state index contributed by atoms with van der Waals surface area (Å²) in [4.78, 5) is 0. The van der Waals surface area contributed by atoms with E-state index < -0.39 is 0 Å². The van der Waals surface area contributed by atoms with Crippen LogP contribution in [0.25, 0.3) is 0 Å². The molecule has 0 radical (unpaired) electrons. The molecule has 0 saturated heterocycles. The Bertz CT molecular complexity index is 703. The van der Waals surface area contributed by atoms with Gasteiger partial charge in [0.15, 0.2) is 0 Å². The molecule has 4 fully saturated rings. The number of hydrogen-bond donors (Lipinski definition) is 3. The van der Waals surface area contributed by atoms with Gasteiger partial charge < -0.3 is 15.3 Å². The highest BCUT2D eigenvalue weighted by molar-refractivity contribution is 5.19. The van der Waals surface area contributed by atoms with Crippen LogP contribution in [0.4, 0.5) is 0 Å². The van der Waals surface area contributed by atoms with Crippen LogP contribution >= 0.6 is 0 Å². The van der Waals surface area contributed by atoms with Crippen LogP contribution in [0.2, 0.25) is 0 Å². The lowest BCUT2D eigenvalue weighted by Crippen LogP contribution is -2.67. The minimum Gasteiger partial charge on any atom is -0.396 e. The smallest absolute Gasteiger partial charge is 0.0594 e. The first-order valence-electron chi connectivity index (χ1n) is 14.3. The van der Waals surface area contributed by atoms with Gasteiger partial charge in [0.05, 0.1) is 12.2 Å². The predicted molar refractivity (Wildman–Crippen MR) is 136 cm³/mol. The minimum atomic E-state index is -0.336. The Morgan fingerprint density at radius 1 is 0.848 bits per heavy atom. The van der Waals surface area contributed by atoms with E-state index in [-0.39, 0.29) is 52.3 Å². The van der Waals surface area contributed by atoms with Gasteiger partial charge in [0.1, 0.15) is 0 Å². The topological polar surface area (TPSA) is 60.7 Å². The van der Waals surface area contributed by atoms with Crippen molar-refractivity contribution in [2.24, 2.45) is 57.2 Å². The van der Waals surface area contributed by atoms with Crippen LogP contribution in [0.15, 0.2) is 0 Å². The zero-order chi connectivity index (χ0) is 24.4. The Hall–Kier alpha value is -0.120. The zero-order valence-corrected chi connectivity index (χ0v) is 22.7. The molecular weight excluding hydrogens is 408 g/mol. The van der Waals surface area contributed by atoms with Crippen LogP contribution in [0.1, 0.15) is 113 Å². The maximum atomic E-state index is 11.9. The molecule has 0 amide bonds. The molecular formula is C30H54O3. The van der Waals surface area contributed by atoms with Crippen LogP contribution in [-0.4, -0.2) is 34.1 Å². The molecule has 4 rings (SSSR count). The molecule has 4 aliphatic carbocycles. The van der Waals surface area contributed by atoms with Gasteiger partial charge in [-0.2, -0.15) is 0 Å². The van der Waals surface area contributed by atoms with Gasteiger partial charge in [0.25, 0.3) is 0 Å². The van der Waals surface area contributed by atoms with Gasteiger partial charge in [-0.15, -0.1) is 0 Å². The molecule has 3 heteroatoms. The first kappa shape index (κ1) is 26.0. The van der Waals surface area contributed by atoms with Crippen molar-refractivity contribution in [3.05, 3.63) is 0 Å². The molecule has 0 heterocycles. The van der Waals surface area contributed by atoms with Gasteiger partial charge >= 0.3 is 0 Å². The largest absolute Gasteiger partial charge is 0.396 e. The molecule has 3 nitrogen and oxygen atoms in total. The summed E-state index contributed by atoms with van der Waals surface area (Å²) in [5.74, 6) is 3.12. The molecule has 4 aliphatic rings. The number of hydrogen-bond acceptors (Lipinski definition) is 3. The molecule has 0 spiro atoms. The number of aliphatic hydroxyl groups is 3. The molecule has 10 atom stereocenters. The molecule has 2 unspecified atom stereocenters. The Morgan fingerprint density at radius 3 is 2.18 bits per heavy atom. The van der Waals surface area contributed by atoms with Crippen LogP contribution in [-0.2, 0) is 0 Å². The normalized spacial score (nSPS) is 49.9. The van der Waals surface area contributed by atoms with E-state index in [0.717, 1.165) is 38.0 Å². The first-order valence-corrected chi connectivity index (χ1v) is 14.3. The fourth-order valence-corrected chi connectivity index (χ4v) is 10.6. The monoisotopic (exact) mass is 462 g/mol. The van der Waals surface area contributed by atoms with Gasteiger partial charge in [-0.25, -0.2) is 0 Å². The molecule has 0 aromatic carbocycles. The van der Waals surface area contributed by atoms with Gasteiger partial charge in [0, 0.05) is 12.0 Å². The lowest BCUT2D eigenvalue weighted by atomic mass is 9.37. The van der Waals surface area contributed by atoms with Crippen molar-refractivity contribution in [1.29, 1.82) is 0 Å². The van der Waals surface area contributed by atoms with Crippen molar-refractivity contribution in [3.63, 3.8) is 0 Å². The van der Waals surface area contributed by atoms with Gasteiger partial charge in [0.2, 0.25) is 0 Å². The minimum absolute atomic E-state index is 0.161. The second kappa shape index (κ2) is 8.77. The summed E-state index contributed by atoms with van der Waals surface area (Å²) >= 11 is 0. The van der Waals surface area contributed by atoms with E-state index in [4.69, 9.17) is 0 Å². The van der Waals surface area contributed by atoms with Crippen molar-refractivity contribution in [2.75, 3.05) is 6.61 Å². The van der Waals surface area contributed by atoms with Gasteiger partial charge in [-0.05, 0) is 96.7 Å². The molecule has 4 saturated carbocycles. The quantitative estimate of drug-likeness (QED) is 0.426. The van der Waals surface area contributed by atoms with Gasteiger partial charge in [-0.3, -0.25) is 0 Å². The maximum Gasteiger partial charge on any atom is 0.0594 e. The molecule has 3 N–H and O–H groups in total.